The van der Waals surface area contributed by atoms with E-state index in [9.17, 15) is 9.59 Å². The van der Waals surface area contributed by atoms with Crippen LogP contribution in [-0.4, -0.2) is 31.6 Å². The molecule has 0 aliphatic rings. The van der Waals surface area contributed by atoms with Crippen LogP contribution in [0.1, 0.15) is 12.5 Å². The van der Waals surface area contributed by atoms with Crippen LogP contribution in [0, 0.1) is 6.92 Å². The number of halogens is 1. The maximum atomic E-state index is 11.5. The van der Waals surface area contributed by atoms with Gasteiger partial charge in [-0.2, -0.15) is 0 Å². The van der Waals surface area contributed by atoms with Crippen molar-refractivity contribution in [2.45, 2.75) is 19.9 Å². The number of nitrogens with one attached hydrogen (secondary N) is 2. The molecule has 0 radical (unpaired) electrons. The van der Waals surface area contributed by atoms with Crippen LogP contribution in [0.15, 0.2) is 18.2 Å². The van der Waals surface area contributed by atoms with Crippen LogP contribution in [0.5, 0.6) is 0 Å². The van der Waals surface area contributed by atoms with Crippen molar-refractivity contribution in [3.05, 3.63) is 28.8 Å². The number of amides is 1. The summed E-state index contributed by atoms with van der Waals surface area (Å²) in [7, 11) is 1.28. The molecule has 0 aliphatic carbocycles. The van der Waals surface area contributed by atoms with Gasteiger partial charge in [0.05, 0.1) is 7.11 Å². The van der Waals surface area contributed by atoms with Crippen molar-refractivity contribution in [3.63, 3.8) is 0 Å². The predicted octanol–water partition coefficient (Wildman–Crippen LogP) is 1.74. The number of ether oxygens (including phenoxy) is 1. The fraction of sp³-hybridized carbons (Fsp3) is 0.385. The predicted molar refractivity (Wildman–Crippen MR) is 74.3 cm³/mol. The third-order valence-corrected chi connectivity index (χ3v) is 3.04. The Bertz CT molecular complexity index is 477. The van der Waals surface area contributed by atoms with Crippen LogP contribution >= 0.6 is 11.6 Å². The van der Waals surface area contributed by atoms with Crippen molar-refractivity contribution in [2.24, 2.45) is 0 Å². The van der Waals surface area contributed by atoms with Gasteiger partial charge in [0.2, 0.25) is 5.91 Å². The first kappa shape index (κ1) is 15.3. The molecule has 19 heavy (non-hydrogen) atoms. The largest absolute Gasteiger partial charge is 0.467 e. The van der Waals surface area contributed by atoms with Crippen molar-refractivity contribution in [3.8, 4) is 0 Å². The Balaban J connectivity index is 2.73. The molecule has 104 valence electrons. The lowest BCUT2D eigenvalue weighted by Gasteiger charge is -2.18. The number of hydrogen-bond acceptors (Lipinski definition) is 4. The lowest BCUT2D eigenvalue weighted by molar-refractivity contribution is -0.144. The lowest BCUT2D eigenvalue weighted by Crippen LogP contribution is -2.45. The van der Waals surface area contributed by atoms with Gasteiger partial charge in [-0.25, -0.2) is 4.79 Å². The molecule has 0 spiro atoms. The summed E-state index contributed by atoms with van der Waals surface area (Å²) in [5.74, 6) is -0.789. The third-order valence-electron chi connectivity index (χ3n) is 2.63. The molecule has 0 aromatic heterocycles. The second-order valence-electron chi connectivity index (χ2n) is 4.07. The van der Waals surface area contributed by atoms with Crippen LogP contribution in [0.25, 0.3) is 0 Å². The van der Waals surface area contributed by atoms with E-state index in [0.29, 0.717) is 5.02 Å². The zero-order chi connectivity index (χ0) is 14.4. The van der Waals surface area contributed by atoms with E-state index in [1.165, 1.54) is 14.0 Å². The molecule has 1 atom stereocenters. The fourth-order valence-electron chi connectivity index (χ4n) is 1.59. The molecular weight excluding hydrogens is 268 g/mol. The van der Waals surface area contributed by atoms with E-state index in [2.05, 4.69) is 15.4 Å². The molecule has 0 bridgehead atoms. The summed E-state index contributed by atoms with van der Waals surface area (Å²) in [6, 6.07) is 4.71. The summed E-state index contributed by atoms with van der Waals surface area (Å²) < 4.78 is 4.64. The average molecular weight is 285 g/mol. The minimum Gasteiger partial charge on any atom is -0.467 e. The molecule has 0 aliphatic heterocycles. The molecule has 0 heterocycles. The fourth-order valence-corrected chi connectivity index (χ4v) is 1.77. The zero-order valence-corrected chi connectivity index (χ0v) is 11.9. The van der Waals surface area contributed by atoms with E-state index in [-0.39, 0.29) is 12.5 Å². The Morgan fingerprint density at radius 2 is 2.11 bits per heavy atom. The highest BCUT2D eigenvalue weighted by Gasteiger charge is 2.20. The summed E-state index contributed by atoms with van der Waals surface area (Å²) in [6.07, 6.45) is 0. The number of methoxy groups -OCH3 is 1. The first-order valence-electron chi connectivity index (χ1n) is 5.79. The monoisotopic (exact) mass is 284 g/mol. The molecule has 2 N–H and O–H groups in total. The standard InChI is InChI=1S/C13H17ClN2O3/c1-8-10(14)5-4-6-11(8)15-7-12(13(18)19-3)16-9(2)17/h4-6,12,15H,7H2,1-3H3,(H,16,17). The third kappa shape index (κ3) is 4.44. The van der Waals surface area contributed by atoms with E-state index in [4.69, 9.17) is 11.6 Å². The normalized spacial score (nSPS) is 11.6. The maximum Gasteiger partial charge on any atom is 0.330 e. The molecule has 0 saturated heterocycles. The van der Waals surface area contributed by atoms with Gasteiger partial charge in [-0.05, 0) is 24.6 Å². The molecular formula is C13H17ClN2O3. The van der Waals surface area contributed by atoms with E-state index in [1.807, 2.05) is 19.1 Å². The van der Waals surface area contributed by atoms with Crippen molar-refractivity contribution in [2.75, 3.05) is 19.0 Å². The highest BCUT2D eigenvalue weighted by atomic mass is 35.5. The smallest absolute Gasteiger partial charge is 0.330 e. The second kappa shape index (κ2) is 6.99. The van der Waals surface area contributed by atoms with Gasteiger partial charge in [0.1, 0.15) is 6.04 Å². The Labute approximate surface area is 117 Å². The lowest BCUT2D eigenvalue weighted by atomic mass is 10.2. The van der Waals surface area contributed by atoms with Crippen LogP contribution in [0.2, 0.25) is 5.02 Å². The minimum absolute atomic E-state index is 0.230. The number of esters is 1. The number of carbonyl (C=O) groups is 2. The Kier molecular flexibility index (Phi) is 5.63. The van der Waals surface area contributed by atoms with Gasteiger partial charge >= 0.3 is 5.97 Å². The first-order chi connectivity index (χ1) is 8.95. The molecule has 0 saturated carbocycles. The van der Waals surface area contributed by atoms with E-state index in [1.54, 1.807) is 6.07 Å². The van der Waals surface area contributed by atoms with Gasteiger partial charge in [0, 0.05) is 24.2 Å². The SMILES string of the molecule is COC(=O)C(CNc1cccc(Cl)c1C)NC(C)=O. The summed E-state index contributed by atoms with van der Waals surface area (Å²) >= 11 is 6.00. The summed E-state index contributed by atoms with van der Waals surface area (Å²) in [4.78, 5) is 22.6. The summed E-state index contributed by atoms with van der Waals surface area (Å²) in [6.45, 7) is 3.45. The summed E-state index contributed by atoms with van der Waals surface area (Å²) in [5, 5.41) is 6.24. The number of benzene rings is 1. The van der Waals surface area contributed by atoms with Crippen LogP contribution in [0.4, 0.5) is 5.69 Å². The van der Waals surface area contributed by atoms with Crippen molar-refractivity contribution in [1.82, 2.24) is 5.32 Å². The van der Waals surface area contributed by atoms with Gasteiger partial charge in [-0.1, -0.05) is 17.7 Å². The Hall–Kier alpha value is -1.75. The molecule has 5 nitrogen and oxygen atoms in total. The van der Waals surface area contributed by atoms with E-state index in [0.717, 1.165) is 11.3 Å². The number of carbonyl (C=O) groups excluding carboxylic acids is 2. The molecule has 1 rings (SSSR count). The zero-order valence-electron chi connectivity index (χ0n) is 11.1. The van der Waals surface area contributed by atoms with Gasteiger partial charge in [-0.15, -0.1) is 0 Å². The molecule has 1 aromatic carbocycles. The topological polar surface area (TPSA) is 67.4 Å². The highest BCUT2D eigenvalue weighted by molar-refractivity contribution is 6.31. The van der Waals surface area contributed by atoms with Crippen LogP contribution in [0.3, 0.4) is 0 Å². The molecule has 1 unspecified atom stereocenters. The number of rotatable bonds is 5. The molecule has 1 aromatic rings. The highest BCUT2D eigenvalue weighted by Crippen LogP contribution is 2.22. The van der Waals surface area contributed by atoms with Crippen molar-refractivity contribution < 1.29 is 14.3 Å². The van der Waals surface area contributed by atoms with Gasteiger partial charge in [0.15, 0.2) is 0 Å². The molecule has 6 heteroatoms. The maximum absolute atomic E-state index is 11.5. The van der Waals surface area contributed by atoms with Gasteiger partial charge in [0.25, 0.3) is 0 Å². The van der Waals surface area contributed by atoms with Gasteiger partial charge < -0.3 is 15.4 Å². The van der Waals surface area contributed by atoms with Crippen molar-refractivity contribution >= 4 is 29.2 Å². The molecule has 0 fully saturated rings. The first-order valence-corrected chi connectivity index (χ1v) is 6.17. The van der Waals surface area contributed by atoms with Crippen LogP contribution in [-0.2, 0) is 14.3 Å². The summed E-state index contributed by atoms with van der Waals surface area (Å²) in [5.41, 5.74) is 1.70. The average Bonchev–Trinajstić information content (AvgIpc) is 2.37. The quantitative estimate of drug-likeness (QED) is 0.808. The second-order valence-corrected chi connectivity index (χ2v) is 4.48. The Morgan fingerprint density at radius 3 is 2.68 bits per heavy atom. The van der Waals surface area contributed by atoms with Gasteiger partial charge in [-0.3, -0.25) is 4.79 Å². The Morgan fingerprint density at radius 1 is 1.42 bits per heavy atom. The minimum atomic E-state index is -0.735. The molecule has 1 amide bonds. The van der Waals surface area contributed by atoms with E-state index >= 15 is 0 Å². The van der Waals surface area contributed by atoms with Crippen LogP contribution < -0.4 is 10.6 Å². The van der Waals surface area contributed by atoms with E-state index < -0.39 is 12.0 Å². The van der Waals surface area contributed by atoms with Crippen molar-refractivity contribution in [1.29, 1.82) is 0 Å². The number of hydrogen-bond donors (Lipinski definition) is 2. The number of anilines is 1.